The molecule has 0 radical (unpaired) electrons. The molecule has 98 valence electrons. The largest absolute Gasteiger partial charge is 0.341 e. The first-order valence-corrected chi connectivity index (χ1v) is 7.12. The molecule has 2 nitrogen and oxygen atoms in total. The van der Waals surface area contributed by atoms with Crippen molar-refractivity contribution in [2.75, 3.05) is 13.1 Å². The molecular formula is C15H20ClNO. The van der Waals surface area contributed by atoms with E-state index in [1.807, 2.05) is 36.1 Å². The van der Waals surface area contributed by atoms with Crippen LogP contribution < -0.4 is 0 Å². The van der Waals surface area contributed by atoms with Crippen LogP contribution in [0.3, 0.4) is 0 Å². The Hall–Kier alpha value is -1.02. The second-order valence-electron chi connectivity index (χ2n) is 4.96. The standard InChI is InChI=1S/C15H20ClNO/c1-12-8-4-5-9-13(12)14(16)15(18)17-10-6-2-3-7-11-17/h4-5,8-9,14H,2-3,6-7,10-11H2,1H3. The summed E-state index contributed by atoms with van der Waals surface area (Å²) in [6, 6.07) is 7.86. The van der Waals surface area contributed by atoms with Crippen molar-refractivity contribution in [3.63, 3.8) is 0 Å². The van der Waals surface area contributed by atoms with Crippen molar-refractivity contribution in [3.8, 4) is 0 Å². The van der Waals surface area contributed by atoms with Gasteiger partial charge in [-0.15, -0.1) is 11.6 Å². The van der Waals surface area contributed by atoms with E-state index in [1.165, 1.54) is 12.8 Å². The SMILES string of the molecule is Cc1ccccc1C(Cl)C(=O)N1CCCCCC1. The van der Waals surface area contributed by atoms with Crippen molar-refractivity contribution >= 4 is 17.5 Å². The molecule has 1 unspecified atom stereocenters. The average molecular weight is 266 g/mol. The van der Waals surface area contributed by atoms with Crippen LogP contribution in [-0.2, 0) is 4.79 Å². The topological polar surface area (TPSA) is 20.3 Å². The molecule has 1 aromatic rings. The molecule has 0 aromatic heterocycles. The van der Waals surface area contributed by atoms with Crippen LogP contribution in [0.1, 0.15) is 42.2 Å². The molecule has 0 aliphatic carbocycles. The highest BCUT2D eigenvalue weighted by atomic mass is 35.5. The highest BCUT2D eigenvalue weighted by Crippen LogP contribution is 2.26. The molecule has 1 aromatic carbocycles. The highest BCUT2D eigenvalue weighted by molar-refractivity contribution is 6.30. The van der Waals surface area contributed by atoms with Gasteiger partial charge in [-0.1, -0.05) is 37.1 Å². The summed E-state index contributed by atoms with van der Waals surface area (Å²) >= 11 is 6.36. The van der Waals surface area contributed by atoms with Crippen LogP contribution in [-0.4, -0.2) is 23.9 Å². The predicted octanol–water partition coefficient (Wildman–Crippen LogP) is 3.68. The van der Waals surface area contributed by atoms with Gasteiger partial charge < -0.3 is 4.90 Å². The Labute approximate surface area is 114 Å². The first-order chi connectivity index (χ1) is 8.70. The second-order valence-corrected chi connectivity index (χ2v) is 5.40. The smallest absolute Gasteiger partial charge is 0.245 e. The molecule has 1 heterocycles. The number of benzene rings is 1. The van der Waals surface area contributed by atoms with Crippen LogP contribution in [0.25, 0.3) is 0 Å². The molecule has 1 aliphatic rings. The number of hydrogen-bond donors (Lipinski definition) is 0. The van der Waals surface area contributed by atoms with Gasteiger partial charge in [0.1, 0.15) is 5.38 Å². The van der Waals surface area contributed by atoms with E-state index >= 15 is 0 Å². The van der Waals surface area contributed by atoms with Gasteiger partial charge in [0.15, 0.2) is 0 Å². The van der Waals surface area contributed by atoms with E-state index in [0.717, 1.165) is 37.1 Å². The van der Waals surface area contributed by atoms with Gasteiger partial charge in [-0.05, 0) is 30.9 Å². The molecule has 1 fully saturated rings. The summed E-state index contributed by atoms with van der Waals surface area (Å²) in [5, 5.41) is -0.538. The molecule has 1 atom stereocenters. The predicted molar refractivity (Wildman–Crippen MR) is 74.8 cm³/mol. The monoisotopic (exact) mass is 265 g/mol. The van der Waals surface area contributed by atoms with Crippen LogP contribution in [0, 0.1) is 6.92 Å². The molecule has 1 aliphatic heterocycles. The van der Waals surface area contributed by atoms with Crippen molar-refractivity contribution in [2.24, 2.45) is 0 Å². The summed E-state index contributed by atoms with van der Waals surface area (Å²) in [6.45, 7) is 3.71. The Morgan fingerprint density at radius 2 is 1.78 bits per heavy atom. The fraction of sp³-hybridized carbons (Fsp3) is 0.533. The third kappa shape index (κ3) is 3.05. The number of alkyl halides is 1. The number of rotatable bonds is 2. The van der Waals surface area contributed by atoms with Crippen molar-refractivity contribution in [1.82, 2.24) is 4.90 Å². The van der Waals surface area contributed by atoms with E-state index in [1.54, 1.807) is 0 Å². The maximum atomic E-state index is 12.4. The third-order valence-corrected chi connectivity index (χ3v) is 4.02. The van der Waals surface area contributed by atoms with E-state index in [2.05, 4.69) is 0 Å². The molecule has 1 amide bonds. The molecule has 3 heteroatoms. The van der Waals surface area contributed by atoms with Gasteiger partial charge in [0, 0.05) is 13.1 Å². The zero-order valence-electron chi connectivity index (χ0n) is 10.9. The Morgan fingerprint density at radius 1 is 1.17 bits per heavy atom. The summed E-state index contributed by atoms with van der Waals surface area (Å²) in [6.07, 6.45) is 4.65. The van der Waals surface area contributed by atoms with Gasteiger partial charge in [-0.2, -0.15) is 0 Å². The summed E-state index contributed by atoms with van der Waals surface area (Å²) in [7, 11) is 0. The Balaban J connectivity index is 2.10. The number of amides is 1. The van der Waals surface area contributed by atoms with Crippen LogP contribution in [0.2, 0.25) is 0 Å². The quantitative estimate of drug-likeness (QED) is 0.747. The normalized spacial score (nSPS) is 18.2. The minimum atomic E-state index is -0.538. The maximum absolute atomic E-state index is 12.4. The van der Waals surface area contributed by atoms with Crippen LogP contribution >= 0.6 is 11.6 Å². The molecule has 0 spiro atoms. The Bertz CT molecular complexity index is 411. The zero-order valence-corrected chi connectivity index (χ0v) is 11.6. The summed E-state index contributed by atoms with van der Waals surface area (Å²) in [5.41, 5.74) is 2.02. The number of nitrogens with zero attached hydrogens (tertiary/aromatic N) is 1. The lowest BCUT2D eigenvalue weighted by Gasteiger charge is -2.23. The number of carbonyl (C=O) groups is 1. The van der Waals surface area contributed by atoms with E-state index in [4.69, 9.17) is 11.6 Å². The number of hydrogen-bond acceptors (Lipinski definition) is 1. The lowest BCUT2D eigenvalue weighted by atomic mass is 10.0. The van der Waals surface area contributed by atoms with Crippen molar-refractivity contribution < 1.29 is 4.79 Å². The van der Waals surface area contributed by atoms with Gasteiger partial charge in [0.25, 0.3) is 0 Å². The molecule has 0 saturated carbocycles. The van der Waals surface area contributed by atoms with Gasteiger partial charge in [-0.25, -0.2) is 0 Å². The minimum Gasteiger partial charge on any atom is -0.341 e. The average Bonchev–Trinajstić information content (AvgIpc) is 2.66. The molecule has 1 saturated heterocycles. The number of aryl methyl sites for hydroxylation is 1. The lowest BCUT2D eigenvalue weighted by Crippen LogP contribution is -2.34. The zero-order chi connectivity index (χ0) is 13.0. The summed E-state index contributed by atoms with van der Waals surface area (Å²) in [4.78, 5) is 14.3. The van der Waals surface area contributed by atoms with Gasteiger partial charge in [0.05, 0.1) is 0 Å². The van der Waals surface area contributed by atoms with E-state index in [0.29, 0.717) is 0 Å². The molecule has 2 rings (SSSR count). The fourth-order valence-electron chi connectivity index (χ4n) is 2.46. The van der Waals surface area contributed by atoms with Gasteiger partial charge in [-0.3, -0.25) is 4.79 Å². The Morgan fingerprint density at radius 3 is 2.39 bits per heavy atom. The Kier molecular flexibility index (Phi) is 4.65. The molecule has 0 N–H and O–H groups in total. The minimum absolute atomic E-state index is 0.0628. The molecule has 0 bridgehead atoms. The fourth-order valence-corrected chi connectivity index (χ4v) is 2.84. The van der Waals surface area contributed by atoms with E-state index < -0.39 is 5.38 Å². The van der Waals surface area contributed by atoms with E-state index in [9.17, 15) is 4.79 Å². The lowest BCUT2D eigenvalue weighted by molar-refractivity contribution is -0.130. The number of halogens is 1. The van der Waals surface area contributed by atoms with Crippen LogP contribution in [0.5, 0.6) is 0 Å². The highest BCUT2D eigenvalue weighted by Gasteiger charge is 2.25. The van der Waals surface area contributed by atoms with Gasteiger partial charge >= 0.3 is 0 Å². The number of likely N-dealkylation sites (tertiary alicyclic amines) is 1. The maximum Gasteiger partial charge on any atom is 0.245 e. The van der Waals surface area contributed by atoms with Crippen molar-refractivity contribution in [3.05, 3.63) is 35.4 Å². The van der Waals surface area contributed by atoms with Crippen molar-refractivity contribution in [2.45, 2.75) is 38.0 Å². The molecule has 18 heavy (non-hydrogen) atoms. The molecular weight excluding hydrogens is 246 g/mol. The summed E-state index contributed by atoms with van der Waals surface area (Å²) < 4.78 is 0. The van der Waals surface area contributed by atoms with Crippen molar-refractivity contribution in [1.29, 1.82) is 0 Å². The summed E-state index contributed by atoms with van der Waals surface area (Å²) in [5.74, 6) is 0.0628. The first kappa shape index (κ1) is 13.4. The number of carbonyl (C=O) groups excluding carboxylic acids is 1. The van der Waals surface area contributed by atoms with Crippen LogP contribution in [0.4, 0.5) is 0 Å². The first-order valence-electron chi connectivity index (χ1n) is 6.68. The second kappa shape index (κ2) is 6.24. The third-order valence-electron chi connectivity index (χ3n) is 3.60. The van der Waals surface area contributed by atoms with E-state index in [-0.39, 0.29) is 5.91 Å². The van der Waals surface area contributed by atoms with Gasteiger partial charge in [0.2, 0.25) is 5.91 Å². The van der Waals surface area contributed by atoms with Crippen LogP contribution in [0.15, 0.2) is 24.3 Å².